The smallest absolute Gasteiger partial charge is 0.341 e. The molecule has 9 nitrogen and oxygen atoms in total. The predicted octanol–water partition coefficient (Wildman–Crippen LogP) is 5.18. The van der Waals surface area contributed by atoms with Gasteiger partial charge in [-0.2, -0.15) is 0 Å². The van der Waals surface area contributed by atoms with Crippen LogP contribution in [0.25, 0.3) is 0 Å². The standard InChI is InChI=1S/C29H18N2O7/c32-25(18-8-2-1-3-9-18)26(19-14-16-20(17-15-19)31(36)37)38-29(35)23-12-6-7-13-24(23)30-27(33)21-10-4-5-11-22(21)28(30)34/h1-17,26H/t26-/m0/s1. The van der Waals surface area contributed by atoms with Gasteiger partial charge >= 0.3 is 5.97 Å². The number of carbonyl (C=O) groups is 4. The number of hydrogen-bond donors (Lipinski definition) is 0. The number of nitrogens with zero attached hydrogens (tertiary/aromatic N) is 2. The lowest BCUT2D eigenvalue weighted by molar-refractivity contribution is -0.384. The van der Waals surface area contributed by atoms with Crippen LogP contribution in [0.5, 0.6) is 0 Å². The molecule has 0 radical (unpaired) electrons. The highest BCUT2D eigenvalue weighted by atomic mass is 16.6. The molecule has 0 spiro atoms. The van der Waals surface area contributed by atoms with Crippen molar-refractivity contribution in [3.8, 4) is 0 Å². The number of Topliss-reactive ketones (excluding diaryl/α,β-unsaturated/α-hetero) is 1. The van der Waals surface area contributed by atoms with E-state index in [4.69, 9.17) is 4.74 Å². The van der Waals surface area contributed by atoms with Crippen molar-refractivity contribution in [3.63, 3.8) is 0 Å². The van der Waals surface area contributed by atoms with Crippen LogP contribution in [0, 0.1) is 10.1 Å². The van der Waals surface area contributed by atoms with Crippen molar-refractivity contribution in [1.82, 2.24) is 0 Å². The number of imide groups is 1. The number of ketones is 1. The van der Waals surface area contributed by atoms with Crippen molar-refractivity contribution in [2.75, 3.05) is 4.90 Å². The van der Waals surface area contributed by atoms with Gasteiger partial charge in [0.1, 0.15) is 0 Å². The average Bonchev–Trinajstić information content (AvgIpc) is 3.21. The first-order chi connectivity index (χ1) is 18.4. The van der Waals surface area contributed by atoms with Gasteiger partial charge in [0.2, 0.25) is 5.78 Å². The second kappa shape index (κ2) is 9.90. The average molecular weight is 506 g/mol. The number of carbonyl (C=O) groups excluding carboxylic acids is 4. The Labute approximate surface area is 216 Å². The third-order valence-corrected chi connectivity index (χ3v) is 6.09. The van der Waals surface area contributed by atoms with Gasteiger partial charge in [0, 0.05) is 23.3 Å². The first kappa shape index (κ1) is 24.3. The van der Waals surface area contributed by atoms with Gasteiger partial charge in [0.05, 0.1) is 27.3 Å². The summed E-state index contributed by atoms with van der Waals surface area (Å²) in [6.45, 7) is 0. The van der Waals surface area contributed by atoms with Crippen molar-refractivity contribution in [2.24, 2.45) is 0 Å². The summed E-state index contributed by atoms with van der Waals surface area (Å²) >= 11 is 0. The molecule has 38 heavy (non-hydrogen) atoms. The Kier molecular flexibility index (Phi) is 6.32. The van der Waals surface area contributed by atoms with Crippen LogP contribution >= 0.6 is 0 Å². The maximum absolute atomic E-state index is 13.5. The second-order valence-electron chi connectivity index (χ2n) is 8.37. The summed E-state index contributed by atoms with van der Waals surface area (Å²) in [6, 6.07) is 25.5. The van der Waals surface area contributed by atoms with Gasteiger partial charge in [-0.1, -0.05) is 54.6 Å². The number of ether oxygens (including phenoxy) is 1. The van der Waals surface area contributed by atoms with E-state index >= 15 is 0 Å². The molecule has 0 saturated carbocycles. The van der Waals surface area contributed by atoms with E-state index in [-0.39, 0.29) is 39.2 Å². The van der Waals surface area contributed by atoms with Crippen LogP contribution in [0.4, 0.5) is 11.4 Å². The molecule has 0 unspecified atom stereocenters. The highest BCUT2D eigenvalue weighted by molar-refractivity contribution is 6.35. The number of hydrogen-bond acceptors (Lipinski definition) is 7. The van der Waals surface area contributed by atoms with E-state index in [2.05, 4.69) is 0 Å². The Bertz CT molecular complexity index is 1560. The van der Waals surface area contributed by atoms with Crippen molar-refractivity contribution in [1.29, 1.82) is 0 Å². The SMILES string of the molecule is O=C(O[C@H](C(=O)c1ccccc1)c1ccc([N+](=O)[O-])cc1)c1ccccc1N1C(=O)c2ccccc2C1=O. The first-order valence-electron chi connectivity index (χ1n) is 11.5. The molecule has 0 aromatic heterocycles. The van der Waals surface area contributed by atoms with Crippen molar-refractivity contribution in [2.45, 2.75) is 6.10 Å². The molecule has 5 rings (SSSR count). The van der Waals surface area contributed by atoms with Gasteiger partial charge in [0.25, 0.3) is 17.5 Å². The zero-order valence-electron chi connectivity index (χ0n) is 19.6. The molecule has 186 valence electrons. The monoisotopic (exact) mass is 506 g/mol. The molecule has 9 heteroatoms. The van der Waals surface area contributed by atoms with Crippen LogP contribution in [-0.2, 0) is 4.74 Å². The Morgan fingerprint density at radius 3 is 1.89 bits per heavy atom. The summed E-state index contributed by atoms with van der Waals surface area (Å²) in [6.07, 6.45) is -1.44. The molecule has 0 aliphatic carbocycles. The molecule has 1 aliphatic rings. The number of non-ortho nitro benzene ring substituents is 1. The molecule has 4 aromatic rings. The molecule has 0 bridgehead atoms. The summed E-state index contributed by atoms with van der Waals surface area (Å²) in [7, 11) is 0. The van der Waals surface area contributed by atoms with Gasteiger partial charge in [-0.3, -0.25) is 24.5 Å². The minimum Gasteiger partial charge on any atom is -0.445 e. The van der Waals surface area contributed by atoms with Crippen LogP contribution in [0.2, 0.25) is 0 Å². The highest BCUT2D eigenvalue weighted by Crippen LogP contribution is 2.33. The zero-order valence-corrected chi connectivity index (χ0v) is 19.6. The van der Waals surface area contributed by atoms with E-state index in [1.54, 1.807) is 48.5 Å². The normalized spacial score (nSPS) is 13.1. The number of nitro groups is 1. The number of anilines is 1. The number of amides is 2. The first-order valence-corrected chi connectivity index (χ1v) is 11.5. The van der Waals surface area contributed by atoms with E-state index < -0.39 is 34.6 Å². The van der Waals surface area contributed by atoms with Crippen LogP contribution in [0.3, 0.4) is 0 Å². The van der Waals surface area contributed by atoms with E-state index in [1.807, 2.05) is 0 Å². The number of para-hydroxylation sites is 1. The number of fused-ring (bicyclic) bond motifs is 1. The highest BCUT2D eigenvalue weighted by Gasteiger charge is 2.38. The third kappa shape index (κ3) is 4.33. The maximum Gasteiger partial charge on any atom is 0.341 e. The molecule has 0 N–H and O–H groups in total. The molecular formula is C29H18N2O7. The van der Waals surface area contributed by atoms with Crippen molar-refractivity contribution >= 4 is 34.9 Å². The Hall–Kier alpha value is -5.44. The van der Waals surface area contributed by atoms with Crippen LogP contribution in [-0.4, -0.2) is 28.5 Å². The third-order valence-electron chi connectivity index (χ3n) is 6.09. The molecule has 1 atom stereocenters. The summed E-state index contributed by atoms with van der Waals surface area (Å²) in [4.78, 5) is 64.4. The molecular weight excluding hydrogens is 488 g/mol. The maximum atomic E-state index is 13.5. The molecule has 2 amide bonds. The minimum absolute atomic E-state index is 0.0123. The number of rotatable bonds is 7. The Morgan fingerprint density at radius 1 is 0.737 bits per heavy atom. The lowest BCUT2D eigenvalue weighted by Crippen LogP contribution is -2.31. The molecule has 4 aromatic carbocycles. The van der Waals surface area contributed by atoms with Gasteiger partial charge < -0.3 is 4.74 Å². The fourth-order valence-electron chi connectivity index (χ4n) is 4.22. The van der Waals surface area contributed by atoms with Gasteiger partial charge in [0.15, 0.2) is 6.10 Å². The van der Waals surface area contributed by atoms with E-state index in [9.17, 15) is 29.3 Å². The topological polar surface area (TPSA) is 124 Å². The number of benzene rings is 4. The molecule has 0 saturated heterocycles. The fourth-order valence-corrected chi connectivity index (χ4v) is 4.22. The van der Waals surface area contributed by atoms with E-state index in [0.29, 0.717) is 0 Å². The van der Waals surface area contributed by atoms with Crippen LogP contribution < -0.4 is 4.90 Å². The van der Waals surface area contributed by atoms with Gasteiger partial charge in [-0.15, -0.1) is 0 Å². The lowest BCUT2D eigenvalue weighted by atomic mass is 9.99. The fraction of sp³-hybridized carbons (Fsp3) is 0.0345. The van der Waals surface area contributed by atoms with Crippen LogP contribution in [0.15, 0.2) is 103 Å². The second-order valence-corrected chi connectivity index (χ2v) is 8.37. The largest absolute Gasteiger partial charge is 0.445 e. The van der Waals surface area contributed by atoms with Crippen molar-refractivity contribution in [3.05, 3.63) is 141 Å². The van der Waals surface area contributed by atoms with Gasteiger partial charge in [-0.05, 0) is 36.4 Å². The molecule has 0 fully saturated rings. The number of nitro benzene ring substituents is 1. The zero-order chi connectivity index (χ0) is 26.8. The van der Waals surface area contributed by atoms with Gasteiger partial charge in [-0.25, -0.2) is 9.69 Å². The predicted molar refractivity (Wildman–Crippen MR) is 136 cm³/mol. The van der Waals surface area contributed by atoms with E-state index in [0.717, 1.165) is 4.90 Å². The van der Waals surface area contributed by atoms with Crippen LogP contribution in [0.1, 0.15) is 53.1 Å². The Balaban J connectivity index is 1.51. The summed E-state index contributed by atoms with van der Waals surface area (Å²) in [5.74, 6) is -2.67. The lowest BCUT2D eigenvalue weighted by Gasteiger charge is -2.21. The van der Waals surface area contributed by atoms with E-state index in [1.165, 1.54) is 54.6 Å². The molecule has 1 heterocycles. The minimum atomic E-state index is -1.44. The van der Waals surface area contributed by atoms with Crippen molar-refractivity contribution < 1.29 is 28.8 Å². The number of esters is 1. The summed E-state index contributed by atoms with van der Waals surface area (Å²) in [5, 5.41) is 11.1. The summed E-state index contributed by atoms with van der Waals surface area (Å²) in [5.41, 5.74) is 0.621. The quantitative estimate of drug-likeness (QED) is 0.111. The Morgan fingerprint density at radius 2 is 1.29 bits per heavy atom. The molecule has 1 aliphatic heterocycles. The summed E-state index contributed by atoms with van der Waals surface area (Å²) < 4.78 is 5.68.